The second kappa shape index (κ2) is 11.8. The van der Waals surface area contributed by atoms with Gasteiger partial charge in [0, 0.05) is 17.6 Å². The van der Waals surface area contributed by atoms with Gasteiger partial charge in [-0.05, 0) is 66.3 Å². The Hall–Kier alpha value is -2.86. The first kappa shape index (κ1) is 24.8. The summed E-state index contributed by atoms with van der Waals surface area (Å²) >= 11 is 5.90. The maximum absolute atomic E-state index is 11.5. The van der Waals surface area contributed by atoms with Crippen LogP contribution in [0.5, 0.6) is 5.75 Å². The Morgan fingerprint density at radius 3 is 2.33 bits per heavy atom. The van der Waals surface area contributed by atoms with E-state index in [0.29, 0.717) is 23.9 Å². The number of hydrogen-bond acceptors (Lipinski definition) is 4. The van der Waals surface area contributed by atoms with Crippen molar-refractivity contribution in [3.63, 3.8) is 0 Å². The molecule has 0 radical (unpaired) electrons. The van der Waals surface area contributed by atoms with Gasteiger partial charge in [-0.2, -0.15) is 0 Å². The van der Waals surface area contributed by atoms with Gasteiger partial charge in [0.05, 0.1) is 12.7 Å². The maximum Gasteiger partial charge on any atom is 0.339 e. The van der Waals surface area contributed by atoms with Gasteiger partial charge in [0.25, 0.3) is 0 Å². The zero-order valence-electron chi connectivity index (χ0n) is 18.9. The zero-order valence-corrected chi connectivity index (χ0v) is 19.7. The van der Waals surface area contributed by atoms with Gasteiger partial charge >= 0.3 is 5.97 Å². The van der Waals surface area contributed by atoms with Crippen LogP contribution in [0.15, 0.2) is 66.7 Å². The third-order valence-corrected chi connectivity index (χ3v) is 5.67. The SMILES string of the molecule is CCCOc1cc(-c2ccc(C[C@@H](C)NC[C@H](O)c3ccc(Cl)cc3)cc2)ccc1C(=O)O. The molecular formula is C27H30ClNO4. The van der Waals surface area contributed by atoms with Crippen molar-refractivity contribution < 1.29 is 19.7 Å². The standard InChI is InChI=1S/C27H30ClNO4/c1-3-14-33-26-16-22(10-13-24(26)27(31)32)20-6-4-19(5-7-20)15-18(2)29-17-25(30)21-8-11-23(28)12-9-21/h4-13,16,18,25,29-30H,3,14-15,17H2,1-2H3,(H,31,32)/t18-,25+/m1/s1. The van der Waals surface area contributed by atoms with Crippen LogP contribution in [0.3, 0.4) is 0 Å². The van der Waals surface area contributed by atoms with Crippen molar-refractivity contribution in [3.8, 4) is 16.9 Å². The zero-order chi connectivity index (χ0) is 23.8. The Balaban J connectivity index is 1.60. The van der Waals surface area contributed by atoms with E-state index < -0.39 is 12.1 Å². The summed E-state index contributed by atoms with van der Waals surface area (Å²) in [5.41, 5.74) is 4.08. The summed E-state index contributed by atoms with van der Waals surface area (Å²) in [4.78, 5) is 11.5. The van der Waals surface area contributed by atoms with Crippen LogP contribution in [-0.4, -0.2) is 35.4 Å². The van der Waals surface area contributed by atoms with Crippen molar-refractivity contribution >= 4 is 17.6 Å². The van der Waals surface area contributed by atoms with Gasteiger partial charge in [0.1, 0.15) is 11.3 Å². The minimum Gasteiger partial charge on any atom is -0.493 e. The lowest BCUT2D eigenvalue weighted by molar-refractivity contribution is 0.0692. The first-order chi connectivity index (χ1) is 15.9. The monoisotopic (exact) mass is 467 g/mol. The lowest BCUT2D eigenvalue weighted by Gasteiger charge is -2.18. The van der Waals surface area contributed by atoms with Gasteiger partial charge in [-0.1, -0.05) is 61.0 Å². The number of benzene rings is 3. The number of hydrogen-bond donors (Lipinski definition) is 3. The highest BCUT2D eigenvalue weighted by molar-refractivity contribution is 6.30. The topological polar surface area (TPSA) is 78.8 Å². The molecule has 0 saturated carbocycles. The van der Waals surface area contributed by atoms with E-state index in [1.807, 2.05) is 31.2 Å². The molecule has 3 aromatic rings. The predicted octanol–water partition coefficient (Wildman–Crippen LogP) is 5.75. The predicted molar refractivity (Wildman–Crippen MR) is 132 cm³/mol. The van der Waals surface area contributed by atoms with Crippen LogP contribution in [0.4, 0.5) is 0 Å². The normalized spacial score (nSPS) is 12.8. The molecule has 174 valence electrons. The van der Waals surface area contributed by atoms with Gasteiger partial charge < -0.3 is 20.3 Å². The highest BCUT2D eigenvalue weighted by Crippen LogP contribution is 2.28. The molecule has 0 aliphatic rings. The van der Waals surface area contributed by atoms with Gasteiger partial charge in [-0.25, -0.2) is 4.79 Å². The first-order valence-electron chi connectivity index (χ1n) is 11.1. The van der Waals surface area contributed by atoms with E-state index in [9.17, 15) is 15.0 Å². The molecule has 3 rings (SSSR count). The molecule has 0 aromatic heterocycles. The molecule has 0 fully saturated rings. The van der Waals surface area contributed by atoms with E-state index in [1.54, 1.807) is 30.3 Å². The number of rotatable bonds is 11. The Bertz CT molecular complexity index is 1050. The van der Waals surface area contributed by atoms with Crippen molar-refractivity contribution in [1.29, 1.82) is 0 Å². The number of halogens is 1. The van der Waals surface area contributed by atoms with Crippen molar-refractivity contribution in [3.05, 3.63) is 88.4 Å². The van der Waals surface area contributed by atoms with E-state index in [1.165, 1.54) is 5.56 Å². The fourth-order valence-corrected chi connectivity index (χ4v) is 3.71. The Morgan fingerprint density at radius 2 is 1.70 bits per heavy atom. The second-order valence-corrected chi connectivity index (χ2v) is 8.58. The number of aliphatic hydroxyl groups is 1. The van der Waals surface area contributed by atoms with Gasteiger partial charge in [0.2, 0.25) is 0 Å². The highest BCUT2D eigenvalue weighted by Gasteiger charge is 2.13. The molecule has 0 bridgehead atoms. The summed E-state index contributed by atoms with van der Waals surface area (Å²) in [6.07, 6.45) is 1.03. The number of aliphatic hydroxyl groups excluding tert-OH is 1. The minimum absolute atomic E-state index is 0.171. The Labute approximate surface area is 200 Å². The van der Waals surface area contributed by atoms with Gasteiger partial charge in [0.15, 0.2) is 0 Å². The average molecular weight is 468 g/mol. The third kappa shape index (κ3) is 7.06. The summed E-state index contributed by atoms with van der Waals surface area (Å²) in [6, 6.07) is 20.8. The molecule has 6 heteroatoms. The molecule has 0 unspecified atom stereocenters. The fraction of sp³-hybridized carbons (Fsp3) is 0.296. The minimum atomic E-state index is -0.995. The van der Waals surface area contributed by atoms with E-state index in [2.05, 4.69) is 24.4 Å². The number of carbonyl (C=O) groups is 1. The van der Waals surface area contributed by atoms with Crippen LogP contribution >= 0.6 is 11.6 Å². The van der Waals surface area contributed by atoms with Crippen LogP contribution in [0.2, 0.25) is 5.02 Å². The van der Waals surface area contributed by atoms with Crippen LogP contribution in [0.25, 0.3) is 11.1 Å². The largest absolute Gasteiger partial charge is 0.493 e. The van der Waals surface area contributed by atoms with Crippen molar-refractivity contribution in [2.75, 3.05) is 13.2 Å². The molecule has 0 amide bonds. The molecule has 2 atom stereocenters. The second-order valence-electron chi connectivity index (χ2n) is 8.14. The first-order valence-corrected chi connectivity index (χ1v) is 11.5. The molecule has 33 heavy (non-hydrogen) atoms. The lowest BCUT2D eigenvalue weighted by Crippen LogP contribution is -2.32. The molecule has 0 saturated heterocycles. The van der Waals surface area contributed by atoms with Crippen molar-refractivity contribution in [1.82, 2.24) is 5.32 Å². The quantitative estimate of drug-likeness (QED) is 0.334. The van der Waals surface area contributed by atoms with Crippen LogP contribution < -0.4 is 10.1 Å². The van der Waals surface area contributed by atoms with Crippen molar-refractivity contribution in [2.45, 2.75) is 38.8 Å². The molecule has 3 aromatic carbocycles. The fourth-order valence-electron chi connectivity index (χ4n) is 3.58. The number of ether oxygens (including phenoxy) is 1. The maximum atomic E-state index is 11.5. The van der Waals surface area contributed by atoms with E-state index in [4.69, 9.17) is 16.3 Å². The van der Waals surface area contributed by atoms with Crippen molar-refractivity contribution in [2.24, 2.45) is 0 Å². The lowest BCUT2D eigenvalue weighted by atomic mass is 9.99. The van der Waals surface area contributed by atoms with E-state index >= 15 is 0 Å². The van der Waals surface area contributed by atoms with Crippen LogP contribution in [0.1, 0.15) is 47.9 Å². The van der Waals surface area contributed by atoms with Gasteiger partial charge in [-0.3, -0.25) is 0 Å². The number of carboxylic acids is 1. The van der Waals surface area contributed by atoms with Crippen LogP contribution in [0, 0.1) is 0 Å². The Morgan fingerprint density at radius 1 is 1.03 bits per heavy atom. The molecule has 0 heterocycles. The number of carboxylic acid groups (broad SMARTS) is 1. The molecular weight excluding hydrogens is 438 g/mol. The molecule has 0 aliphatic heterocycles. The smallest absolute Gasteiger partial charge is 0.339 e. The van der Waals surface area contributed by atoms with Crippen LogP contribution in [-0.2, 0) is 6.42 Å². The molecule has 0 spiro atoms. The van der Waals surface area contributed by atoms with Gasteiger partial charge in [-0.15, -0.1) is 0 Å². The summed E-state index contributed by atoms with van der Waals surface area (Å²) in [5.74, 6) is -0.603. The molecule has 5 nitrogen and oxygen atoms in total. The summed E-state index contributed by atoms with van der Waals surface area (Å²) in [7, 11) is 0. The Kier molecular flexibility index (Phi) is 8.89. The molecule has 0 aliphatic carbocycles. The third-order valence-electron chi connectivity index (χ3n) is 5.42. The summed E-state index contributed by atoms with van der Waals surface area (Å²) in [5, 5.41) is 23.8. The average Bonchev–Trinajstić information content (AvgIpc) is 2.82. The number of aromatic carboxylic acids is 1. The van der Waals surface area contributed by atoms with E-state index in [-0.39, 0.29) is 11.6 Å². The van der Waals surface area contributed by atoms with E-state index in [0.717, 1.165) is 29.5 Å². The highest BCUT2D eigenvalue weighted by atomic mass is 35.5. The summed E-state index contributed by atoms with van der Waals surface area (Å²) in [6.45, 7) is 5.00. The number of nitrogens with one attached hydrogen (secondary N) is 1. The molecule has 3 N–H and O–H groups in total. The summed E-state index contributed by atoms with van der Waals surface area (Å²) < 4.78 is 5.65.